The van der Waals surface area contributed by atoms with Gasteiger partial charge in [-0.05, 0) is 79.7 Å². The summed E-state index contributed by atoms with van der Waals surface area (Å²) in [6.45, 7) is 2.85. The first-order valence-corrected chi connectivity index (χ1v) is 8.24. The van der Waals surface area contributed by atoms with Gasteiger partial charge in [0.05, 0.1) is 0 Å². The maximum atomic E-state index is 9.33. The molecule has 0 radical (unpaired) electrons. The number of hydrogen-bond acceptors (Lipinski definition) is 2. The first-order chi connectivity index (χ1) is 9.73. The highest BCUT2D eigenvalue weighted by atomic mass is 16.3. The Morgan fingerprint density at radius 1 is 1.25 bits per heavy atom. The minimum absolute atomic E-state index is 0.392. The zero-order valence-corrected chi connectivity index (χ0v) is 12.6. The molecule has 2 fully saturated rings. The van der Waals surface area contributed by atoms with E-state index in [4.69, 9.17) is 0 Å². The van der Waals surface area contributed by atoms with Gasteiger partial charge < -0.3 is 5.11 Å². The second-order valence-corrected chi connectivity index (χ2v) is 7.15. The fraction of sp³-hybridized carbons (Fsp3) is 0.722. The summed E-state index contributed by atoms with van der Waals surface area (Å²) in [5, 5.41) is 9.33. The van der Waals surface area contributed by atoms with E-state index < -0.39 is 0 Å². The van der Waals surface area contributed by atoms with Gasteiger partial charge in [-0.1, -0.05) is 13.0 Å². The third-order valence-electron chi connectivity index (χ3n) is 6.19. The summed E-state index contributed by atoms with van der Waals surface area (Å²) in [6.07, 6.45) is 13.1. The summed E-state index contributed by atoms with van der Waals surface area (Å²) in [7, 11) is 0. The second kappa shape index (κ2) is 5.85. The lowest BCUT2D eigenvalue weighted by Gasteiger charge is -2.49. The van der Waals surface area contributed by atoms with E-state index in [9.17, 15) is 5.11 Å². The molecule has 0 bridgehead atoms. The largest absolute Gasteiger partial charge is 0.396 e. The highest BCUT2D eigenvalue weighted by molar-refractivity contribution is 5.16. The van der Waals surface area contributed by atoms with Gasteiger partial charge in [0.25, 0.3) is 0 Å². The molecule has 1 aromatic rings. The highest BCUT2D eigenvalue weighted by Crippen LogP contribution is 2.54. The van der Waals surface area contributed by atoms with E-state index in [2.05, 4.69) is 30.2 Å². The maximum absolute atomic E-state index is 9.33. The number of pyridine rings is 1. The molecule has 2 nitrogen and oxygen atoms in total. The summed E-state index contributed by atoms with van der Waals surface area (Å²) in [5.41, 5.74) is 2.00. The number of rotatable bonds is 2. The van der Waals surface area contributed by atoms with Crippen LogP contribution in [-0.4, -0.2) is 16.7 Å². The van der Waals surface area contributed by atoms with E-state index in [0.29, 0.717) is 23.9 Å². The third kappa shape index (κ3) is 2.63. The molecule has 2 atom stereocenters. The number of aliphatic hydroxyl groups excluding tert-OH is 1. The quantitative estimate of drug-likeness (QED) is 0.878. The molecule has 20 heavy (non-hydrogen) atoms. The van der Waals surface area contributed by atoms with Crippen molar-refractivity contribution in [2.24, 2.45) is 17.3 Å². The van der Waals surface area contributed by atoms with Crippen molar-refractivity contribution in [1.29, 1.82) is 0 Å². The van der Waals surface area contributed by atoms with Crippen molar-refractivity contribution in [3.8, 4) is 0 Å². The van der Waals surface area contributed by atoms with Gasteiger partial charge in [-0.2, -0.15) is 0 Å². The topological polar surface area (TPSA) is 33.1 Å². The van der Waals surface area contributed by atoms with Crippen molar-refractivity contribution in [2.75, 3.05) is 6.61 Å². The Kier molecular flexibility index (Phi) is 4.11. The summed E-state index contributed by atoms with van der Waals surface area (Å²) in [4.78, 5) is 4.28. The van der Waals surface area contributed by atoms with Crippen LogP contribution in [0.4, 0.5) is 0 Å². The normalized spacial score (nSPS) is 38.0. The molecule has 1 heterocycles. The molecule has 1 N–H and O–H groups in total. The zero-order chi connectivity index (χ0) is 14.0. The first-order valence-electron chi connectivity index (χ1n) is 8.24. The number of aromatic nitrogens is 1. The number of aliphatic hydroxyl groups is 1. The smallest absolute Gasteiger partial charge is 0.0459 e. The van der Waals surface area contributed by atoms with Crippen molar-refractivity contribution >= 4 is 0 Å². The Hall–Kier alpha value is -0.890. The molecule has 0 aliphatic heterocycles. The summed E-state index contributed by atoms with van der Waals surface area (Å²) in [6, 6.07) is 4.31. The fourth-order valence-electron chi connectivity index (χ4n) is 4.60. The molecule has 0 saturated heterocycles. The minimum Gasteiger partial charge on any atom is -0.396 e. The second-order valence-electron chi connectivity index (χ2n) is 7.15. The average molecular weight is 273 g/mol. The molecule has 2 aliphatic rings. The van der Waals surface area contributed by atoms with Crippen molar-refractivity contribution < 1.29 is 5.11 Å². The van der Waals surface area contributed by atoms with Crippen LogP contribution in [0.1, 0.15) is 63.4 Å². The minimum atomic E-state index is 0.392. The van der Waals surface area contributed by atoms with E-state index in [1.165, 1.54) is 50.5 Å². The SMILES string of the molecule is CC1CC(c2cccnc2)CCC12CCC(CO)CC2. The van der Waals surface area contributed by atoms with E-state index in [1.807, 2.05) is 6.20 Å². The highest BCUT2D eigenvalue weighted by Gasteiger charge is 2.43. The van der Waals surface area contributed by atoms with Crippen molar-refractivity contribution in [3.05, 3.63) is 30.1 Å². The van der Waals surface area contributed by atoms with Crippen molar-refractivity contribution in [1.82, 2.24) is 4.98 Å². The Morgan fingerprint density at radius 3 is 2.60 bits per heavy atom. The van der Waals surface area contributed by atoms with Crippen LogP contribution in [0.5, 0.6) is 0 Å². The maximum Gasteiger partial charge on any atom is 0.0459 e. The molecule has 0 amide bonds. The molecule has 2 aliphatic carbocycles. The molecule has 2 saturated carbocycles. The van der Waals surface area contributed by atoms with Gasteiger partial charge in [0.1, 0.15) is 0 Å². The van der Waals surface area contributed by atoms with Crippen LogP contribution in [0, 0.1) is 17.3 Å². The van der Waals surface area contributed by atoms with Crippen molar-refractivity contribution in [2.45, 2.75) is 57.8 Å². The third-order valence-corrected chi connectivity index (χ3v) is 6.19. The lowest BCUT2D eigenvalue weighted by molar-refractivity contribution is 0.0211. The molecular formula is C18H27NO. The number of nitrogens with zero attached hydrogens (tertiary/aromatic N) is 1. The lowest BCUT2D eigenvalue weighted by atomic mass is 9.56. The average Bonchev–Trinajstić information content (AvgIpc) is 2.52. The summed E-state index contributed by atoms with van der Waals surface area (Å²) < 4.78 is 0. The Morgan fingerprint density at radius 2 is 2.00 bits per heavy atom. The molecule has 0 aromatic carbocycles. The van der Waals surface area contributed by atoms with Crippen LogP contribution in [0.2, 0.25) is 0 Å². The van der Waals surface area contributed by atoms with Crippen LogP contribution < -0.4 is 0 Å². The predicted octanol–water partition coefficient (Wildman–Crippen LogP) is 4.15. The lowest BCUT2D eigenvalue weighted by Crippen LogP contribution is -2.38. The Bertz CT molecular complexity index is 422. The molecule has 2 unspecified atom stereocenters. The van der Waals surface area contributed by atoms with Gasteiger partial charge in [-0.15, -0.1) is 0 Å². The molecule has 3 rings (SSSR count). The Labute approximate surface area is 122 Å². The van der Waals surface area contributed by atoms with Gasteiger partial charge in [-0.25, -0.2) is 0 Å². The van der Waals surface area contributed by atoms with Gasteiger partial charge in [0, 0.05) is 19.0 Å². The molecule has 2 heteroatoms. The van der Waals surface area contributed by atoms with Crippen molar-refractivity contribution in [3.63, 3.8) is 0 Å². The van der Waals surface area contributed by atoms with Gasteiger partial charge in [0.15, 0.2) is 0 Å². The van der Waals surface area contributed by atoms with Gasteiger partial charge >= 0.3 is 0 Å². The van der Waals surface area contributed by atoms with Crippen LogP contribution in [0.3, 0.4) is 0 Å². The standard InChI is InChI=1S/C18H27NO/c1-14-11-16(17-3-2-10-19-12-17)6-9-18(14)7-4-15(13-20)5-8-18/h2-3,10,12,14-16,20H,4-9,11,13H2,1H3. The summed E-state index contributed by atoms with van der Waals surface area (Å²) >= 11 is 0. The molecular weight excluding hydrogens is 246 g/mol. The van der Waals surface area contributed by atoms with E-state index >= 15 is 0 Å². The van der Waals surface area contributed by atoms with Crippen LogP contribution >= 0.6 is 0 Å². The van der Waals surface area contributed by atoms with Gasteiger partial charge in [-0.3, -0.25) is 4.98 Å². The van der Waals surface area contributed by atoms with Crippen LogP contribution in [-0.2, 0) is 0 Å². The Balaban J connectivity index is 1.66. The zero-order valence-electron chi connectivity index (χ0n) is 12.6. The van der Waals surface area contributed by atoms with E-state index in [-0.39, 0.29) is 0 Å². The molecule has 1 aromatic heterocycles. The van der Waals surface area contributed by atoms with Crippen LogP contribution in [0.25, 0.3) is 0 Å². The van der Waals surface area contributed by atoms with Crippen LogP contribution in [0.15, 0.2) is 24.5 Å². The predicted molar refractivity (Wildman–Crippen MR) is 81.5 cm³/mol. The fourth-order valence-corrected chi connectivity index (χ4v) is 4.60. The van der Waals surface area contributed by atoms with E-state index in [1.54, 1.807) is 0 Å². The molecule has 1 spiro atoms. The van der Waals surface area contributed by atoms with E-state index in [0.717, 1.165) is 5.92 Å². The summed E-state index contributed by atoms with van der Waals surface area (Å²) in [5.74, 6) is 2.09. The van der Waals surface area contributed by atoms with Gasteiger partial charge in [0.2, 0.25) is 0 Å². The monoisotopic (exact) mass is 273 g/mol. The molecule has 110 valence electrons. The number of hydrogen-bond donors (Lipinski definition) is 1. The first kappa shape index (κ1) is 14.1.